The summed E-state index contributed by atoms with van der Waals surface area (Å²) in [4.78, 5) is 25.1. The van der Waals surface area contributed by atoms with E-state index in [2.05, 4.69) is 5.32 Å². The summed E-state index contributed by atoms with van der Waals surface area (Å²) < 4.78 is 0. The number of benzene rings is 1. The van der Waals surface area contributed by atoms with Crippen LogP contribution in [0.5, 0.6) is 0 Å². The summed E-state index contributed by atoms with van der Waals surface area (Å²) in [5, 5.41) is 2.35. The summed E-state index contributed by atoms with van der Waals surface area (Å²) in [6.07, 6.45) is 0. The SMILES string of the molecule is NC1CN(CC(=O)NC(=O)c2ccccc2)C1. The number of rotatable bonds is 3. The molecule has 2 rings (SSSR count). The predicted octanol–water partition coefficient (Wildman–Crippen LogP) is -0.414. The van der Waals surface area contributed by atoms with Gasteiger partial charge in [-0.25, -0.2) is 0 Å². The monoisotopic (exact) mass is 233 g/mol. The van der Waals surface area contributed by atoms with E-state index in [-0.39, 0.29) is 24.4 Å². The lowest BCUT2D eigenvalue weighted by Gasteiger charge is -2.35. The molecule has 0 spiro atoms. The van der Waals surface area contributed by atoms with Crippen molar-refractivity contribution < 1.29 is 9.59 Å². The van der Waals surface area contributed by atoms with Gasteiger partial charge in [-0.15, -0.1) is 0 Å². The predicted molar refractivity (Wildman–Crippen MR) is 63.3 cm³/mol. The Bertz CT molecular complexity index is 413. The van der Waals surface area contributed by atoms with Gasteiger partial charge in [0.1, 0.15) is 0 Å². The van der Waals surface area contributed by atoms with E-state index < -0.39 is 0 Å². The smallest absolute Gasteiger partial charge is 0.257 e. The minimum absolute atomic E-state index is 0.160. The molecule has 90 valence electrons. The molecule has 1 fully saturated rings. The number of carbonyl (C=O) groups excluding carboxylic acids is 2. The molecule has 1 aromatic rings. The largest absolute Gasteiger partial charge is 0.325 e. The van der Waals surface area contributed by atoms with E-state index in [4.69, 9.17) is 5.73 Å². The highest BCUT2D eigenvalue weighted by atomic mass is 16.2. The number of hydrogen-bond donors (Lipinski definition) is 2. The summed E-state index contributed by atoms with van der Waals surface area (Å²) in [7, 11) is 0. The minimum atomic E-state index is -0.361. The molecular weight excluding hydrogens is 218 g/mol. The topological polar surface area (TPSA) is 75.4 Å². The van der Waals surface area contributed by atoms with Crippen molar-refractivity contribution in [3.05, 3.63) is 35.9 Å². The number of nitrogens with two attached hydrogens (primary N) is 1. The Balaban J connectivity index is 1.81. The van der Waals surface area contributed by atoms with Crippen molar-refractivity contribution >= 4 is 11.8 Å². The molecule has 17 heavy (non-hydrogen) atoms. The van der Waals surface area contributed by atoms with Gasteiger partial charge in [-0.2, -0.15) is 0 Å². The van der Waals surface area contributed by atoms with Crippen molar-refractivity contribution in [3.8, 4) is 0 Å². The van der Waals surface area contributed by atoms with Crippen LogP contribution < -0.4 is 11.1 Å². The third-order valence-electron chi connectivity index (χ3n) is 2.64. The molecule has 1 aromatic carbocycles. The van der Waals surface area contributed by atoms with E-state index in [1.165, 1.54) is 0 Å². The van der Waals surface area contributed by atoms with Crippen LogP contribution in [0.4, 0.5) is 0 Å². The first-order valence-corrected chi connectivity index (χ1v) is 5.52. The summed E-state index contributed by atoms with van der Waals surface area (Å²) >= 11 is 0. The second kappa shape index (κ2) is 5.07. The lowest BCUT2D eigenvalue weighted by Crippen LogP contribution is -2.58. The molecule has 3 N–H and O–H groups in total. The quantitative estimate of drug-likeness (QED) is 0.744. The van der Waals surface area contributed by atoms with Gasteiger partial charge >= 0.3 is 0 Å². The first-order chi connectivity index (χ1) is 8.15. The average molecular weight is 233 g/mol. The Morgan fingerprint density at radius 1 is 1.29 bits per heavy atom. The summed E-state index contributed by atoms with van der Waals surface area (Å²) in [6.45, 7) is 1.66. The normalized spacial score (nSPS) is 16.3. The van der Waals surface area contributed by atoms with Gasteiger partial charge in [0.2, 0.25) is 5.91 Å². The molecular formula is C12H15N3O2. The highest BCUT2D eigenvalue weighted by Gasteiger charge is 2.25. The van der Waals surface area contributed by atoms with E-state index in [1.54, 1.807) is 24.3 Å². The van der Waals surface area contributed by atoms with Gasteiger partial charge < -0.3 is 5.73 Å². The molecule has 0 unspecified atom stereocenters. The van der Waals surface area contributed by atoms with Crippen molar-refractivity contribution in [1.29, 1.82) is 0 Å². The molecule has 0 bridgehead atoms. The van der Waals surface area contributed by atoms with Gasteiger partial charge in [0.25, 0.3) is 5.91 Å². The molecule has 0 aromatic heterocycles. The zero-order valence-corrected chi connectivity index (χ0v) is 9.43. The van der Waals surface area contributed by atoms with Crippen LogP contribution in [-0.2, 0) is 4.79 Å². The lowest BCUT2D eigenvalue weighted by molar-refractivity contribution is -0.122. The van der Waals surface area contributed by atoms with Crippen LogP contribution >= 0.6 is 0 Å². The third kappa shape index (κ3) is 3.12. The summed E-state index contributed by atoms with van der Waals surface area (Å²) in [5.41, 5.74) is 6.08. The van der Waals surface area contributed by atoms with E-state index in [0.717, 1.165) is 0 Å². The molecule has 0 saturated carbocycles. The fraction of sp³-hybridized carbons (Fsp3) is 0.333. The van der Waals surface area contributed by atoms with Crippen LogP contribution in [0.3, 0.4) is 0 Å². The van der Waals surface area contributed by atoms with Crippen molar-refractivity contribution in [2.45, 2.75) is 6.04 Å². The maximum absolute atomic E-state index is 11.6. The van der Waals surface area contributed by atoms with Gasteiger partial charge in [-0.3, -0.25) is 19.8 Å². The van der Waals surface area contributed by atoms with Crippen LogP contribution in [0.1, 0.15) is 10.4 Å². The van der Waals surface area contributed by atoms with Crippen LogP contribution in [0.2, 0.25) is 0 Å². The molecule has 2 amide bonds. The maximum atomic E-state index is 11.6. The molecule has 5 heteroatoms. The van der Waals surface area contributed by atoms with Gasteiger partial charge in [-0.05, 0) is 12.1 Å². The number of imide groups is 1. The van der Waals surface area contributed by atoms with Crippen LogP contribution in [-0.4, -0.2) is 42.4 Å². The molecule has 1 saturated heterocycles. The van der Waals surface area contributed by atoms with Gasteiger partial charge in [0, 0.05) is 24.7 Å². The molecule has 0 aliphatic carbocycles. The zero-order valence-electron chi connectivity index (χ0n) is 9.43. The first-order valence-electron chi connectivity index (χ1n) is 5.52. The second-order valence-electron chi connectivity index (χ2n) is 4.20. The minimum Gasteiger partial charge on any atom is -0.325 e. The van der Waals surface area contributed by atoms with E-state index in [9.17, 15) is 9.59 Å². The Morgan fingerprint density at radius 2 is 1.94 bits per heavy atom. The summed E-state index contributed by atoms with van der Waals surface area (Å²) in [6, 6.07) is 8.83. The van der Waals surface area contributed by atoms with Crippen LogP contribution in [0.25, 0.3) is 0 Å². The Morgan fingerprint density at radius 3 is 2.53 bits per heavy atom. The molecule has 1 heterocycles. The number of carbonyl (C=O) groups is 2. The van der Waals surface area contributed by atoms with Crippen molar-refractivity contribution in [1.82, 2.24) is 10.2 Å². The van der Waals surface area contributed by atoms with Crippen molar-refractivity contribution in [2.75, 3.05) is 19.6 Å². The van der Waals surface area contributed by atoms with Gasteiger partial charge in [-0.1, -0.05) is 18.2 Å². The number of nitrogens with zero attached hydrogens (tertiary/aromatic N) is 1. The molecule has 0 radical (unpaired) electrons. The highest BCUT2D eigenvalue weighted by Crippen LogP contribution is 2.04. The first kappa shape index (κ1) is 11.8. The standard InChI is InChI=1S/C12H15N3O2/c13-10-6-15(7-10)8-11(16)14-12(17)9-4-2-1-3-5-9/h1-5,10H,6-8,13H2,(H,14,16,17). The van der Waals surface area contributed by atoms with E-state index >= 15 is 0 Å². The fourth-order valence-electron chi connectivity index (χ4n) is 1.77. The molecule has 1 aliphatic rings. The Hall–Kier alpha value is -1.72. The van der Waals surface area contributed by atoms with Crippen molar-refractivity contribution in [3.63, 3.8) is 0 Å². The van der Waals surface area contributed by atoms with Crippen molar-refractivity contribution in [2.24, 2.45) is 5.73 Å². The van der Waals surface area contributed by atoms with Crippen LogP contribution in [0.15, 0.2) is 30.3 Å². The number of hydrogen-bond acceptors (Lipinski definition) is 4. The Labute approximate surface area is 99.6 Å². The number of likely N-dealkylation sites (tertiary alicyclic amines) is 1. The van der Waals surface area contributed by atoms with Crippen LogP contribution in [0, 0.1) is 0 Å². The van der Waals surface area contributed by atoms with Gasteiger partial charge in [0.05, 0.1) is 6.54 Å². The number of amides is 2. The van der Waals surface area contributed by atoms with Gasteiger partial charge in [0.15, 0.2) is 0 Å². The maximum Gasteiger partial charge on any atom is 0.257 e. The molecule has 0 atom stereocenters. The van der Waals surface area contributed by atoms with E-state index in [0.29, 0.717) is 18.7 Å². The Kier molecular flexibility index (Phi) is 3.51. The third-order valence-corrected chi connectivity index (χ3v) is 2.64. The van der Waals surface area contributed by atoms with E-state index in [1.807, 2.05) is 11.0 Å². The highest BCUT2D eigenvalue weighted by molar-refractivity contribution is 6.05. The summed E-state index contributed by atoms with van der Waals surface area (Å²) in [5.74, 6) is -0.647. The lowest BCUT2D eigenvalue weighted by atomic mass is 10.1. The fourth-order valence-corrected chi connectivity index (χ4v) is 1.77. The second-order valence-corrected chi connectivity index (χ2v) is 4.20. The molecule has 1 aliphatic heterocycles. The average Bonchev–Trinajstić information content (AvgIpc) is 2.28. The zero-order chi connectivity index (χ0) is 12.3. The number of nitrogens with one attached hydrogen (secondary N) is 1. The molecule has 5 nitrogen and oxygen atoms in total.